The van der Waals surface area contributed by atoms with Crippen molar-refractivity contribution in [3.05, 3.63) is 71.8 Å². The Morgan fingerprint density at radius 2 is 1.04 bits per heavy atom. The molecular formula is C20H20N2O4. The van der Waals surface area contributed by atoms with Crippen LogP contribution in [0.3, 0.4) is 0 Å². The summed E-state index contributed by atoms with van der Waals surface area (Å²) in [5, 5.41) is 5.70. The van der Waals surface area contributed by atoms with Crippen LogP contribution in [0.25, 0.3) is 0 Å². The van der Waals surface area contributed by atoms with Gasteiger partial charge in [-0.25, -0.2) is 9.59 Å². The van der Waals surface area contributed by atoms with Gasteiger partial charge in [-0.05, 0) is 24.0 Å². The van der Waals surface area contributed by atoms with Crippen LogP contribution in [0.4, 0.5) is 9.59 Å². The lowest BCUT2D eigenvalue weighted by atomic mass is 9.92. The van der Waals surface area contributed by atoms with Crippen LogP contribution in [0, 0.1) is 0 Å². The van der Waals surface area contributed by atoms with Crippen molar-refractivity contribution in [2.75, 3.05) is 0 Å². The summed E-state index contributed by atoms with van der Waals surface area (Å²) in [6, 6.07) is 19.2. The highest BCUT2D eigenvalue weighted by molar-refractivity contribution is 5.72. The molecule has 2 aromatic carbocycles. The van der Waals surface area contributed by atoms with E-state index in [9.17, 15) is 9.59 Å². The number of hydrogen-bond donors (Lipinski definition) is 2. The number of nitrogens with one attached hydrogen (secondary N) is 2. The Bertz CT molecular complexity index is 713. The first-order valence-corrected chi connectivity index (χ1v) is 8.71. The lowest BCUT2D eigenvalue weighted by molar-refractivity contribution is 0.0184. The monoisotopic (exact) mass is 352 g/mol. The number of benzene rings is 2. The van der Waals surface area contributed by atoms with Crippen LogP contribution in [-0.2, 0) is 22.3 Å². The molecule has 2 aliphatic rings. The molecule has 134 valence electrons. The molecule has 6 nitrogen and oxygen atoms in total. The van der Waals surface area contributed by atoms with Gasteiger partial charge in [0.1, 0.15) is 0 Å². The number of alkyl carbamates (subject to hydrolysis) is 2. The second-order valence-corrected chi connectivity index (χ2v) is 6.62. The standard InChI is InChI=1S/C20H20N2O4/c23-19-21-15(11-13-7-3-1-4-8-13)17(25-19)18-16(22-20(24)26-18)12-14-9-5-2-6-10-14/h1-10,15-18H,11-12H2,(H,21,23)(H,22,24)/t15-,16+,17-,18-/m0/s1. The maximum Gasteiger partial charge on any atom is 0.407 e. The summed E-state index contributed by atoms with van der Waals surface area (Å²) in [6.45, 7) is 0. The van der Waals surface area contributed by atoms with Gasteiger partial charge in [0.25, 0.3) is 0 Å². The molecule has 6 heteroatoms. The number of carbonyl (C=O) groups is 2. The molecule has 0 aliphatic carbocycles. The average molecular weight is 352 g/mol. The molecule has 0 unspecified atom stereocenters. The molecule has 0 aromatic heterocycles. The first kappa shape index (κ1) is 16.4. The van der Waals surface area contributed by atoms with Crippen LogP contribution < -0.4 is 10.6 Å². The van der Waals surface area contributed by atoms with E-state index in [1.165, 1.54) is 0 Å². The average Bonchev–Trinajstić information content (AvgIpc) is 3.18. The van der Waals surface area contributed by atoms with E-state index in [1.54, 1.807) is 0 Å². The molecule has 0 bridgehead atoms. The number of hydrogen-bond acceptors (Lipinski definition) is 4. The SMILES string of the molecule is O=C1N[C@@H](Cc2ccccc2)[C@@H]([C@H]2OC(=O)N[C@@H]2Cc2ccccc2)O1. The van der Waals surface area contributed by atoms with Crippen LogP contribution in [0.5, 0.6) is 0 Å². The summed E-state index contributed by atoms with van der Waals surface area (Å²) >= 11 is 0. The summed E-state index contributed by atoms with van der Waals surface area (Å²) in [4.78, 5) is 23.7. The lowest BCUT2D eigenvalue weighted by Crippen LogP contribution is -2.47. The van der Waals surface area contributed by atoms with Gasteiger partial charge in [-0.2, -0.15) is 0 Å². The second-order valence-electron chi connectivity index (χ2n) is 6.62. The minimum absolute atomic E-state index is 0.249. The summed E-state index contributed by atoms with van der Waals surface area (Å²) in [6.07, 6.45) is -0.785. The maximum absolute atomic E-state index is 11.9. The van der Waals surface area contributed by atoms with E-state index in [0.717, 1.165) is 11.1 Å². The topological polar surface area (TPSA) is 76.7 Å². The zero-order valence-corrected chi connectivity index (χ0v) is 14.1. The van der Waals surface area contributed by atoms with Crippen LogP contribution in [0.15, 0.2) is 60.7 Å². The number of carbonyl (C=O) groups excluding carboxylic acids is 2. The van der Waals surface area contributed by atoms with Gasteiger partial charge >= 0.3 is 12.2 Å². The van der Waals surface area contributed by atoms with E-state index in [4.69, 9.17) is 9.47 Å². The third-order valence-electron chi connectivity index (χ3n) is 4.81. The zero-order valence-electron chi connectivity index (χ0n) is 14.1. The van der Waals surface area contributed by atoms with Crippen molar-refractivity contribution in [2.45, 2.75) is 37.1 Å². The number of cyclic esters (lactones) is 2. The van der Waals surface area contributed by atoms with Crippen molar-refractivity contribution in [1.29, 1.82) is 0 Å². The predicted molar refractivity (Wildman–Crippen MR) is 94.7 cm³/mol. The van der Waals surface area contributed by atoms with E-state index in [-0.39, 0.29) is 12.1 Å². The molecule has 26 heavy (non-hydrogen) atoms. The van der Waals surface area contributed by atoms with Crippen molar-refractivity contribution in [3.8, 4) is 0 Å². The molecule has 4 atom stereocenters. The molecule has 2 aromatic rings. The first-order chi connectivity index (χ1) is 12.7. The van der Waals surface area contributed by atoms with E-state index < -0.39 is 24.4 Å². The van der Waals surface area contributed by atoms with Gasteiger partial charge in [0.15, 0.2) is 12.2 Å². The smallest absolute Gasteiger partial charge is 0.407 e. The molecule has 2 fully saturated rings. The lowest BCUT2D eigenvalue weighted by Gasteiger charge is -2.25. The Hall–Kier alpha value is -3.02. The summed E-state index contributed by atoms with van der Waals surface area (Å²) in [7, 11) is 0. The van der Waals surface area contributed by atoms with Gasteiger partial charge in [-0.1, -0.05) is 60.7 Å². The van der Waals surface area contributed by atoms with Crippen molar-refractivity contribution in [2.24, 2.45) is 0 Å². The highest BCUT2D eigenvalue weighted by Crippen LogP contribution is 2.26. The van der Waals surface area contributed by atoms with Crippen LogP contribution >= 0.6 is 0 Å². The van der Waals surface area contributed by atoms with Gasteiger partial charge in [0.05, 0.1) is 12.1 Å². The van der Waals surface area contributed by atoms with Gasteiger partial charge in [0.2, 0.25) is 0 Å². The fourth-order valence-electron chi connectivity index (χ4n) is 3.61. The summed E-state index contributed by atoms with van der Waals surface area (Å²) in [5.74, 6) is 0. The molecule has 2 N–H and O–H groups in total. The van der Waals surface area contributed by atoms with Crippen LogP contribution in [0.1, 0.15) is 11.1 Å². The summed E-state index contributed by atoms with van der Waals surface area (Å²) < 4.78 is 11.0. The molecular weight excluding hydrogens is 332 g/mol. The summed E-state index contributed by atoms with van der Waals surface area (Å²) in [5.41, 5.74) is 2.18. The quantitative estimate of drug-likeness (QED) is 0.866. The fraction of sp³-hybridized carbons (Fsp3) is 0.300. The minimum Gasteiger partial charge on any atom is -0.440 e. The zero-order chi connectivity index (χ0) is 17.9. The van der Waals surface area contributed by atoms with Gasteiger partial charge in [0, 0.05) is 0 Å². The number of amides is 2. The fourth-order valence-corrected chi connectivity index (χ4v) is 3.61. The van der Waals surface area contributed by atoms with Crippen molar-refractivity contribution in [1.82, 2.24) is 10.6 Å². The van der Waals surface area contributed by atoms with Crippen LogP contribution in [0.2, 0.25) is 0 Å². The predicted octanol–water partition coefficient (Wildman–Crippen LogP) is 2.43. The van der Waals surface area contributed by atoms with Crippen LogP contribution in [-0.4, -0.2) is 36.5 Å². The third-order valence-corrected chi connectivity index (χ3v) is 4.81. The Morgan fingerprint density at radius 3 is 1.42 bits per heavy atom. The van der Waals surface area contributed by atoms with E-state index in [2.05, 4.69) is 10.6 Å². The minimum atomic E-state index is -0.532. The van der Waals surface area contributed by atoms with Crippen molar-refractivity contribution in [3.63, 3.8) is 0 Å². The Morgan fingerprint density at radius 1 is 0.654 bits per heavy atom. The maximum atomic E-state index is 11.9. The van der Waals surface area contributed by atoms with E-state index in [1.807, 2.05) is 60.7 Å². The van der Waals surface area contributed by atoms with E-state index >= 15 is 0 Å². The molecule has 0 radical (unpaired) electrons. The Balaban J connectivity index is 1.52. The molecule has 0 saturated carbocycles. The largest absolute Gasteiger partial charge is 0.440 e. The van der Waals surface area contributed by atoms with Gasteiger partial charge in [-0.3, -0.25) is 0 Å². The van der Waals surface area contributed by atoms with Gasteiger partial charge < -0.3 is 20.1 Å². The second kappa shape index (κ2) is 7.07. The highest BCUT2D eigenvalue weighted by Gasteiger charge is 2.48. The molecule has 4 rings (SSSR count). The van der Waals surface area contributed by atoms with E-state index in [0.29, 0.717) is 12.8 Å². The first-order valence-electron chi connectivity index (χ1n) is 8.71. The van der Waals surface area contributed by atoms with Crippen molar-refractivity contribution < 1.29 is 19.1 Å². The number of ether oxygens (including phenoxy) is 2. The number of rotatable bonds is 5. The molecule has 2 heterocycles. The van der Waals surface area contributed by atoms with Crippen molar-refractivity contribution >= 4 is 12.2 Å². The highest BCUT2D eigenvalue weighted by atomic mass is 16.6. The third kappa shape index (κ3) is 3.49. The Kier molecular flexibility index (Phi) is 4.48. The molecule has 2 aliphatic heterocycles. The molecule has 2 amide bonds. The van der Waals surface area contributed by atoms with Gasteiger partial charge in [-0.15, -0.1) is 0 Å². The Labute approximate surface area is 151 Å². The molecule has 2 saturated heterocycles. The molecule has 0 spiro atoms. The normalized spacial score (nSPS) is 27.4.